The van der Waals surface area contributed by atoms with E-state index in [1.54, 1.807) is 12.0 Å². The number of methoxy groups -OCH3 is 1. The zero-order valence-electron chi connectivity index (χ0n) is 14.7. The number of benzene rings is 1. The van der Waals surface area contributed by atoms with Crippen LogP contribution in [0.25, 0.3) is 11.3 Å². The third kappa shape index (κ3) is 2.73. The first-order chi connectivity index (χ1) is 12.6. The van der Waals surface area contributed by atoms with Crippen LogP contribution in [-0.4, -0.2) is 47.1 Å². The van der Waals surface area contributed by atoms with Crippen molar-refractivity contribution in [3.05, 3.63) is 35.0 Å². The maximum atomic E-state index is 12.9. The van der Waals surface area contributed by atoms with Crippen LogP contribution >= 0.6 is 0 Å². The minimum atomic E-state index is -0.275. The zero-order valence-corrected chi connectivity index (χ0v) is 14.7. The number of amides is 2. The molecule has 136 valence electrons. The molecular formula is C19H22N4O3. The summed E-state index contributed by atoms with van der Waals surface area (Å²) < 4.78 is 5.29. The molecule has 26 heavy (non-hydrogen) atoms. The topological polar surface area (TPSA) is 101 Å². The largest absolute Gasteiger partial charge is 0.497 e. The Kier molecular flexibility index (Phi) is 4.14. The number of ether oxygens (including phenoxy) is 1. The van der Waals surface area contributed by atoms with E-state index in [0.717, 1.165) is 35.4 Å². The zero-order chi connectivity index (χ0) is 18.3. The molecule has 1 saturated heterocycles. The molecule has 1 aliphatic heterocycles. The van der Waals surface area contributed by atoms with Crippen LogP contribution < -0.4 is 10.5 Å². The highest BCUT2D eigenvalue weighted by molar-refractivity contribution is 5.96. The second kappa shape index (κ2) is 6.48. The lowest BCUT2D eigenvalue weighted by Crippen LogP contribution is -2.42. The number of nitrogens with zero attached hydrogens (tertiary/aromatic N) is 2. The molecule has 3 N–H and O–H groups in total. The third-order valence-corrected chi connectivity index (χ3v) is 5.48. The van der Waals surface area contributed by atoms with Crippen LogP contribution in [0.4, 0.5) is 0 Å². The molecule has 0 saturated carbocycles. The van der Waals surface area contributed by atoms with Gasteiger partial charge in [-0.3, -0.25) is 14.7 Å². The smallest absolute Gasteiger partial charge is 0.272 e. The molecule has 2 aliphatic rings. The van der Waals surface area contributed by atoms with Gasteiger partial charge in [0.1, 0.15) is 11.4 Å². The first-order valence-corrected chi connectivity index (χ1v) is 8.91. The number of aromatic nitrogens is 2. The Labute approximate surface area is 151 Å². The molecule has 0 bridgehead atoms. The van der Waals surface area contributed by atoms with Gasteiger partial charge < -0.3 is 15.4 Å². The number of aryl methyl sites for hydroxylation is 1. The van der Waals surface area contributed by atoms with Crippen LogP contribution in [0, 0.1) is 5.92 Å². The summed E-state index contributed by atoms with van der Waals surface area (Å²) in [6.07, 6.45) is 2.87. The molecule has 2 heterocycles. The molecule has 7 heteroatoms. The molecule has 0 unspecified atom stereocenters. The van der Waals surface area contributed by atoms with Gasteiger partial charge in [-0.1, -0.05) is 0 Å². The lowest BCUT2D eigenvalue weighted by Gasteiger charge is -2.30. The van der Waals surface area contributed by atoms with Gasteiger partial charge in [-0.2, -0.15) is 5.10 Å². The monoisotopic (exact) mass is 354 g/mol. The van der Waals surface area contributed by atoms with Crippen molar-refractivity contribution in [2.75, 3.05) is 20.2 Å². The van der Waals surface area contributed by atoms with Gasteiger partial charge >= 0.3 is 0 Å². The highest BCUT2D eigenvalue weighted by atomic mass is 16.5. The number of carbonyl (C=O) groups is 2. The second-order valence-electron chi connectivity index (χ2n) is 6.92. The predicted octanol–water partition coefficient (Wildman–Crippen LogP) is 1.52. The summed E-state index contributed by atoms with van der Waals surface area (Å²) in [5.74, 6) is 0.384. The molecule has 1 aliphatic carbocycles. The van der Waals surface area contributed by atoms with E-state index in [2.05, 4.69) is 10.2 Å². The van der Waals surface area contributed by atoms with Crippen molar-refractivity contribution in [2.45, 2.75) is 25.7 Å². The molecule has 1 aromatic carbocycles. The number of aromatic amines is 1. The Morgan fingerprint density at radius 3 is 2.73 bits per heavy atom. The molecule has 0 atom stereocenters. The Hall–Kier alpha value is -2.83. The summed E-state index contributed by atoms with van der Waals surface area (Å²) in [7, 11) is 1.66. The fourth-order valence-electron chi connectivity index (χ4n) is 3.93. The average molecular weight is 354 g/mol. The van der Waals surface area contributed by atoms with E-state index in [1.807, 2.05) is 18.2 Å². The van der Waals surface area contributed by atoms with Crippen molar-refractivity contribution in [2.24, 2.45) is 11.7 Å². The van der Waals surface area contributed by atoms with Crippen LogP contribution in [0.1, 0.15) is 34.5 Å². The van der Waals surface area contributed by atoms with E-state index in [4.69, 9.17) is 10.5 Å². The van der Waals surface area contributed by atoms with Crippen molar-refractivity contribution in [3.8, 4) is 17.0 Å². The van der Waals surface area contributed by atoms with Crippen molar-refractivity contribution in [1.29, 1.82) is 0 Å². The van der Waals surface area contributed by atoms with Gasteiger partial charge in [0.25, 0.3) is 5.91 Å². The SMILES string of the molecule is COc1ccc2c(c1)CCc1c-2n[nH]c1C(=O)N1CCC(C(N)=O)CC1. The van der Waals surface area contributed by atoms with E-state index in [9.17, 15) is 9.59 Å². The van der Waals surface area contributed by atoms with Crippen LogP contribution in [0.3, 0.4) is 0 Å². The lowest BCUT2D eigenvalue weighted by atomic mass is 9.88. The minimum absolute atomic E-state index is 0.0429. The van der Waals surface area contributed by atoms with Crippen molar-refractivity contribution in [3.63, 3.8) is 0 Å². The van der Waals surface area contributed by atoms with Gasteiger partial charge in [0.15, 0.2) is 0 Å². The van der Waals surface area contributed by atoms with Crippen molar-refractivity contribution >= 4 is 11.8 Å². The second-order valence-corrected chi connectivity index (χ2v) is 6.92. The molecule has 0 spiro atoms. The number of hydrogen-bond acceptors (Lipinski definition) is 4. The van der Waals surface area contributed by atoms with E-state index >= 15 is 0 Å². The molecule has 0 radical (unpaired) electrons. The average Bonchev–Trinajstić information content (AvgIpc) is 3.11. The summed E-state index contributed by atoms with van der Waals surface area (Å²) in [5, 5.41) is 7.38. The number of nitrogens with one attached hydrogen (secondary N) is 1. The van der Waals surface area contributed by atoms with Gasteiger partial charge in [-0.25, -0.2) is 0 Å². The van der Waals surface area contributed by atoms with E-state index in [1.165, 1.54) is 5.56 Å². The highest BCUT2D eigenvalue weighted by Gasteiger charge is 2.31. The van der Waals surface area contributed by atoms with Crippen LogP contribution in [0.15, 0.2) is 18.2 Å². The van der Waals surface area contributed by atoms with Gasteiger partial charge in [0.05, 0.1) is 12.8 Å². The van der Waals surface area contributed by atoms with Crippen LogP contribution in [0.2, 0.25) is 0 Å². The molecule has 2 aromatic rings. The molecule has 2 amide bonds. The molecule has 4 rings (SSSR count). The van der Waals surface area contributed by atoms with Gasteiger partial charge in [0, 0.05) is 30.1 Å². The van der Waals surface area contributed by atoms with Gasteiger partial charge in [0.2, 0.25) is 5.91 Å². The number of fused-ring (bicyclic) bond motifs is 3. The molecular weight excluding hydrogens is 332 g/mol. The number of piperidine rings is 1. The number of H-pyrrole nitrogens is 1. The lowest BCUT2D eigenvalue weighted by molar-refractivity contribution is -0.123. The number of nitrogens with two attached hydrogens (primary N) is 1. The fourth-order valence-corrected chi connectivity index (χ4v) is 3.93. The van der Waals surface area contributed by atoms with E-state index in [-0.39, 0.29) is 17.7 Å². The summed E-state index contributed by atoms with van der Waals surface area (Å²) in [5.41, 5.74) is 10.0. The predicted molar refractivity (Wildman–Crippen MR) is 95.8 cm³/mol. The van der Waals surface area contributed by atoms with E-state index < -0.39 is 0 Å². The summed E-state index contributed by atoms with van der Waals surface area (Å²) in [6, 6.07) is 5.95. The number of carbonyl (C=O) groups excluding carboxylic acids is 2. The Morgan fingerprint density at radius 2 is 2.04 bits per heavy atom. The molecule has 7 nitrogen and oxygen atoms in total. The molecule has 1 aromatic heterocycles. The summed E-state index contributed by atoms with van der Waals surface area (Å²) >= 11 is 0. The first-order valence-electron chi connectivity index (χ1n) is 8.91. The van der Waals surface area contributed by atoms with Crippen molar-refractivity contribution in [1.82, 2.24) is 15.1 Å². The standard InChI is InChI=1S/C19H22N4O3/c1-26-13-3-5-14-12(10-13)2-4-15-16(14)21-22-17(15)19(25)23-8-6-11(7-9-23)18(20)24/h3,5,10-11H,2,4,6-9H2,1H3,(H2,20,24)(H,21,22). The van der Waals surface area contributed by atoms with E-state index in [0.29, 0.717) is 31.6 Å². The van der Waals surface area contributed by atoms with Crippen LogP contribution in [-0.2, 0) is 17.6 Å². The quantitative estimate of drug-likeness (QED) is 0.872. The maximum absolute atomic E-state index is 12.9. The summed E-state index contributed by atoms with van der Waals surface area (Å²) in [6.45, 7) is 1.10. The Balaban J connectivity index is 1.58. The first kappa shape index (κ1) is 16.6. The minimum Gasteiger partial charge on any atom is -0.497 e. The number of likely N-dealkylation sites (tertiary alicyclic amines) is 1. The number of rotatable bonds is 3. The van der Waals surface area contributed by atoms with Crippen LogP contribution in [0.5, 0.6) is 5.75 Å². The maximum Gasteiger partial charge on any atom is 0.272 e. The Bertz CT molecular complexity index is 866. The van der Waals surface area contributed by atoms with Gasteiger partial charge in [-0.15, -0.1) is 0 Å². The summed E-state index contributed by atoms with van der Waals surface area (Å²) in [4.78, 5) is 26.0. The van der Waals surface area contributed by atoms with Gasteiger partial charge in [-0.05, 0) is 49.4 Å². The number of primary amides is 1. The highest BCUT2D eigenvalue weighted by Crippen LogP contribution is 2.36. The van der Waals surface area contributed by atoms with Crippen molar-refractivity contribution < 1.29 is 14.3 Å². The fraction of sp³-hybridized carbons (Fsp3) is 0.421. The number of hydrogen-bond donors (Lipinski definition) is 2. The molecule has 1 fully saturated rings. The third-order valence-electron chi connectivity index (χ3n) is 5.48. The normalized spacial score (nSPS) is 16.7. The Morgan fingerprint density at radius 1 is 1.27 bits per heavy atom.